The van der Waals surface area contributed by atoms with Crippen molar-refractivity contribution in [3.63, 3.8) is 0 Å². The van der Waals surface area contributed by atoms with Crippen molar-refractivity contribution in [2.45, 2.75) is 0 Å². The summed E-state index contributed by atoms with van der Waals surface area (Å²) in [7, 11) is 0. The number of aromatic nitrogens is 1. The molecular weight excluding hydrogens is 767 g/mol. The predicted octanol–water partition coefficient (Wildman–Crippen LogP) is 16.1. The van der Waals surface area contributed by atoms with Crippen LogP contribution in [0.25, 0.3) is 126 Å². The average molecular weight is 804 g/mol. The van der Waals surface area contributed by atoms with Crippen LogP contribution in [-0.2, 0) is 0 Å². The van der Waals surface area contributed by atoms with Gasteiger partial charge in [-0.15, -0.1) is 0 Å². The maximum atomic E-state index is 11.0. The fraction of sp³-hybridized carbons (Fsp3) is 0. The minimum absolute atomic E-state index is 0.0691. The van der Waals surface area contributed by atoms with Crippen molar-refractivity contribution in [1.82, 2.24) is 4.57 Å². The van der Waals surface area contributed by atoms with Gasteiger partial charge < -0.3 is 14.8 Å². The molecule has 2 N–H and O–H groups in total. The molecule has 0 saturated heterocycles. The average Bonchev–Trinajstić information content (AvgIpc) is 3.67. The molecule has 0 aliphatic rings. The third-order valence-corrected chi connectivity index (χ3v) is 13.4. The fourth-order valence-corrected chi connectivity index (χ4v) is 10.5. The Morgan fingerprint density at radius 1 is 0.270 bits per heavy atom. The number of benzene rings is 13. The Kier molecular flexibility index (Phi) is 7.61. The molecule has 14 aromatic rings. The minimum atomic E-state index is -0.0718. The standard InChI is InChI=1S/C60H37NO2/c62-59-41-25-30-51(60(59)63)54(35-41)58-49-19-7-5-17-47(49)57(48-18-6-8-20-50(48)58)38-23-28-42(29-24-38)61-55-31-26-39(45-21-9-13-36-11-1-3-15-43(36)45)33-52(55)53-34-40(27-32-56(53)61)46-22-10-14-37-12-2-4-16-44(37)46/h1-35,62-63H. The SMILES string of the molecule is Oc1c(O)c2ccc1cc2-c1c2ccccc2c(-c2ccc(-n3c4ccc(-c5cccc6ccccc56)cc4c4cc(-c5cccc6ccccc56)ccc43)cc2)c2ccccc12. The highest BCUT2D eigenvalue weighted by atomic mass is 16.3. The monoisotopic (exact) mass is 803 g/mol. The Morgan fingerprint density at radius 2 is 0.730 bits per heavy atom. The van der Waals surface area contributed by atoms with E-state index in [9.17, 15) is 10.2 Å². The second-order valence-corrected chi connectivity index (χ2v) is 16.7. The van der Waals surface area contributed by atoms with Crippen LogP contribution in [-0.4, -0.2) is 14.8 Å². The Morgan fingerprint density at radius 3 is 1.25 bits per heavy atom. The first-order valence-corrected chi connectivity index (χ1v) is 21.5. The van der Waals surface area contributed by atoms with E-state index in [0.717, 1.165) is 60.5 Å². The minimum Gasteiger partial charge on any atom is -0.504 e. The number of nitrogens with zero attached hydrogens (tertiary/aromatic N) is 1. The molecule has 3 heteroatoms. The maximum Gasteiger partial charge on any atom is 0.166 e. The summed E-state index contributed by atoms with van der Waals surface area (Å²) < 4.78 is 2.41. The van der Waals surface area contributed by atoms with Gasteiger partial charge in [0.25, 0.3) is 0 Å². The normalized spacial score (nSPS) is 11.9. The molecule has 0 saturated carbocycles. The lowest BCUT2D eigenvalue weighted by Gasteiger charge is -2.20. The lowest BCUT2D eigenvalue weighted by atomic mass is 9.84. The van der Waals surface area contributed by atoms with E-state index in [2.05, 4.69) is 199 Å². The highest BCUT2D eigenvalue weighted by Gasteiger charge is 2.22. The molecule has 294 valence electrons. The zero-order valence-electron chi connectivity index (χ0n) is 34.0. The molecule has 0 atom stereocenters. The van der Waals surface area contributed by atoms with Crippen LogP contribution >= 0.6 is 0 Å². The van der Waals surface area contributed by atoms with E-state index in [1.54, 1.807) is 0 Å². The number of fused-ring (bicyclic) bond motifs is 10. The van der Waals surface area contributed by atoms with E-state index in [-0.39, 0.29) is 11.5 Å². The lowest BCUT2D eigenvalue weighted by molar-refractivity contribution is 0.411. The maximum absolute atomic E-state index is 11.0. The zero-order chi connectivity index (χ0) is 41.8. The Labute approximate surface area is 362 Å². The van der Waals surface area contributed by atoms with Crippen LogP contribution in [0, 0.1) is 0 Å². The number of hydrogen-bond donors (Lipinski definition) is 2. The molecule has 13 aromatic carbocycles. The molecule has 0 aliphatic carbocycles. The summed E-state index contributed by atoms with van der Waals surface area (Å²) in [6.45, 7) is 0. The lowest BCUT2D eigenvalue weighted by Crippen LogP contribution is -1.95. The van der Waals surface area contributed by atoms with Gasteiger partial charge in [-0.1, -0.05) is 164 Å². The van der Waals surface area contributed by atoms with E-state index in [0.29, 0.717) is 10.8 Å². The Balaban J connectivity index is 1.01. The molecule has 0 fully saturated rings. The number of phenols is 4. The topological polar surface area (TPSA) is 45.4 Å². The molecule has 14 rings (SSSR count). The van der Waals surface area contributed by atoms with Gasteiger partial charge in [-0.2, -0.15) is 0 Å². The van der Waals surface area contributed by atoms with Gasteiger partial charge in [0, 0.05) is 27.2 Å². The highest BCUT2D eigenvalue weighted by Crippen LogP contribution is 2.50. The first kappa shape index (κ1) is 35.4. The molecule has 0 unspecified atom stereocenters. The van der Waals surface area contributed by atoms with Crippen molar-refractivity contribution in [3.8, 4) is 61.7 Å². The van der Waals surface area contributed by atoms with Crippen LogP contribution in [0.2, 0.25) is 0 Å². The summed E-state index contributed by atoms with van der Waals surface area (Å²) in [6.07, 6.45) is 0. The Bertz CT molecular complexity index is 3780. The molecule has 2 bridgehead atoms. The third-order valence-electron chi connectivity index (χ3n) is 13.4. The molecule has 0 radical (unpaired) electrons. The summed E-state index contributed by atoms with van der Waals surface area (Å²) in [5, 5.41) is 34.7. The predicted molar refractivity (Wildman–Crippen MR) is 265 cm³/mol. The van der Waals surface area contributed by atoms with E-state index in [1.165, 1.54) is 54.6 Å². The van der Waals surface area contributed by atoms with Crippen molar-refractivity contribution in [2.75, 3.05) is 0 Å². The number of hydrogen-bond acceptors (Lipinski definition) is 2. The number of phenolic OH excluding ortho intramolecular Hbond substituents is 2. The van der Waals surface area contributed by atoms with Crippen molar-refractivity contribution >= 4 is 75.7 Å². The summed E-state index contributed by atoms with van der Waals surface area (Å²) in [6, 6.07) is 76.2. The molecule has 1 heterocycles. The molecule has 0 amide bonds. The van der Waals surface area contributed by atoms with Crippen LogP contribution in [0.1, 0.15) is 0 Å². The van der Waals surface area contributed by atoms with Crippen LogP contribution in [0.5, 0.6) is 11.5 Å². The summed E-state index contributed by atoms with van der Waals surface area (Å²) in [5.41, 5.74) is 12.5. The van der Waals surface area contributed by atoms with E-state index in [4.69, 9.17) is 0 Å². The van der Waals surface area contributed by atoms with Crippen molar-refractivity contribution in [3.05, 3.63) is 212 Å². The smallest absolute Gasteiger partial charge is 0.166 e. The highest BCUT2D eigenvalue weighted by molar-refractivity contribution is 6.24. The third kappa shape index (κ3) is 5.27. The van der Waals surface area contributed by atoms with Crippen molar-refractivity contribution < 1.29 is 10.2 Å². The van der Waals surface area contributed by atoms with Crippen LogP contribution in [0.15, 0.2) is 212 Å². The quantitative estimate of drug-likeness (QED) is 0.134. The first-order valence-electron chi connectivity index (χ1n) is 21.5. The van der Waals surface area contributed by atoms with Gasteiger partial charge in [0.15, 0.2) is 11.5 Å². The van der Waals surface area contributed by atoms with Gasteiger partial charge in [-0.25, -0.2) is 0 Å². The fourth-order valence-electron chi connectivity index (χ4n) is 10.5. The molecule has 0 spiro atoms. The van der Waals surface area contributed by atoms with Crippen LogP contribution in [0.3, 0.4) is 0 Å². The molecule has 3 nitrogen and oxygen atoms in total. The van der Waals surface area contributed by atoms with E-state index in [1.807, 2.05) is 18.2 Å². The van der Waals surface area contributed by atoms with Gasteiger partial charge in [0.05, 0.1) is 11.0 Å². The largest absolute Gasteiger partial charge is 0.504 e. The zero-order valence-corrected chi connectivity index (χ0v) is 34.0. The van der Waals surface area contributed by atoms with E-state index < -0.39 is 0 Å². The van der Waals surface area contributed by atoms with Gasteiger partial charge in [-0.3, -0.25) is 0 Å². The van der Waals surface area contributed by atoms with Gasteiger partial charge >= 0.3 is 0 Å². The molecule has 63 heavy (non-hydrogen) atoms. The van der Waals surface area contributed by atoms with Crippen molar-refractivity contribution in [2.24, 2.45) is 0 Å². The van der Waals surface area contributed by atoms with Gasteiger partial charge in [0.1, 0.15) is 0 Å². The Hall–Kier alpha value is -8.40. The van der Waals surface area contributed by atoms with Gasteiger partial charge in [-0.05, 0) is 136 Å². The number of rotatable bonds is 5. The first-order chi connectivity index (χ1) is 31.1. The molecular formula is C60H37NO2. The summed E-state index contributed by atoms with van der Waals surface area (Å²) in [4.78, 5) is 0. The van der Waals surface area contributed by atoms with Crippen LogP contribution < -0.4 is 0 Å². The molecule has 1 aromatic heterocycles. The number of aromatic hydroxyl groups is 2. The second kappa shape index (κ2) is 13.6. The summed E-state index contributed by atoms with van der Waals surface area (Å²) in [5.74, 6) is -0.141. The van der Waals surface area contributed by atoms with Gasteiger partial charge in [0.2, 0.25) is 0 Å². The van der Waals surface area contributed by atoms with E-state index >= 15 is 0 Å². The second-order valence-electron chi connectivity index (χ2n) is 16.7. The molecule has 0 aliphatic heterocycles. The van der Waals surface area contributed by atoms with Crippen LogP contribution in [0.4, 0.5) is 0 Å². The summed E-state index contributed by atoms with van der Waals surface area (Å²) >= 11 is 0. The van der Waals surface area contributed by atoms with Crippen molar-refractivity contribution in [1.29, 1.82) is 0 Å².